The molecule has 4 rings (SSSR count). The summed E-state index contributed by atoms with van der Waals surface area (Å²) >= 11 is 0. The second-order valence-corrected chi connectivity index (χ2v) is 8.33. The monoisotopic (exact) mass is 435 g/mol. The molecule has 0 bridgehead atoms. The molecule has 7 nitrogen and oxygen atoms in total. The van der Waals surface area contributed by atoms with Crippen LogP contribution in [0.1, 0.15) is 35.7 Å². The number of rotatable bonds is 6. The van der Waals surface area contributed by atoms with Crippen LogP contribution in [-0.4, -0.2) is 61.8 Å². The number of fused-ring (bicyclic) bond motifs is 1. The fourth-order valence-corrected chi connectivity index (χ4v) is 4.33. The van der Waals surface area contributed by atoms with Gasteiger partial charge in [-0.15, -0.1) is 0 Å². The number of aryl methyl sites for hydroxylation is 1. The number of Topliss-reactive ketones (excluding diaryl/α,β-unsaturated/α-hetero) is 1. The first kappa shape index (κ1) is 21.9. The predicted octanol–water partition coefficient (Wildman–Crippen LogP) is 3.05. The molecule has 0 aromatic heterocycles. The predicted molar refractivity (Wildman–Crippen MR) is 124 cm³/mol. The van der Waals surface area contributed by atoms with Gasteiger partial charge in [0, 0.05) is 50.4 Å². The molecule has 0 unspecified atom stereocenters. The fraction of sp³-hybridized carbons (Fsp3) is 0.400. The molecular weight excluding hydrogens is 406 g/mol. The van der Waals surface area contributed by atoms with Gasteiger partial charge in [-0.3, -0.25) is 14.4 Å². The fourth-order valence-electron chi connectivity index (χ4n) is 4.33. The van der Waals surface area contributed by atoms with Gasteiger partial charge in [-0.1, -0.05) is 18.2 Å². The van der Waals surface area contributed by atoms with Crippen LogP contribution >= 0.6 is 0 Å². The van der Waals surface area contributed by atoms with E-state index in [-0.39, 0.29) is 24.2 Å². The molecular formula is C25H29N3O4. The number of anilines is 2. The van der Waals surface area contributed by atoms with Gasteiger partial charge >= 0.3 is 0 Å². The topological polar surface area (TPSA) is 70.2 Å². The van der Waals surface area contributed by atoms with Crippen LogP contribution in [0.5, 0.6) is 5.75 Å². The smallest absolute Gasteiger partial charge is 0.265 e. The van der Waals surface area contributed by atoms with E-state index >= 15 is 0 Å². The van der Waals surface area contributed by atoms with Gasteiger partial charge < -0.3 is 19.4 Å². The highest BCUT2D eigenvalue weighted by atomic mass is 16.5. The van der Waals surface area contributed by atoms with Crippen LogP contribution in [0, 0.1) is 6.92 Å². The Labute approximate surface area is 188 Å². The first-order valence-corrected chi connectivity index (χ1v) is 11.1. The van der Waals surface area contributed by atoms with E-state index in [0.717, 1.165) is 13.1 Å². The number of hydrogen-bond acceptors (Lipinski definition) is 5. The Hall–Kier alpha value is -3.35. The van der Waals surface area contributed by atoms with E-state index in [9.17, 15) is 14.4 Å². The van der Waals surface area contributed by atoms with Crippen molar-refractivity contribution in [2.24, 2.45) is 0 Å². The highest BCUT2D eigenvalue weighted by Crippen LogP contribution is 2.33. The lowest BCUT2D eigenvalue weighted by atomic mass is 10.1. The van der Waals surface area contributed by atoms with Crippen LogP contribution in [0.2, 0.25) is 0 Å². The molecule has 0 spiro atoms. The first-order valence-electron chi connectivity index (χ1n) is 11.1. The highest BCUT2D eigenvalue weighted by molar-refractivity contribution is 6.01. The Morgan fingerprint density at radius 3 is 2.47 bits per heavy atom. The summed E-state index contributed by atoms with van der Waals surface area (Å²) in [6, 6.07) is 13.4. The molecule has 7 heteroatoms. The molecule has 32 heavy (non-hydrogen) atoms. The number of ether oxygens (including phenoxy) is 1. The number of para-hydroxylation sites is 1. The number of hydrogen-bond donors (Lipinski definition) is 0. The van der Waals surface area contributed by atoms with Gasteiger partial charge in [-0.05, 0) is 50.1 Å². The number of nitrogens with zero attached hydrogens (tertiary/aromatic N) is 3. The Morgan fingerprint density at radius 2 is 1.75 bits per heavy atom. The number of amides is 2. The van der Waals surface area contributed by atoms with Crippen molar-refractivity contribution in [1.82, 2.24) is 4.90 Å². The largest absolute Gasteiger partial charge is 0.482 e. The van der Waals surface area contributed by atoms with E-state index in [1.807, 2.05) is 17.0 Å². The third-order valence-electron chi connectivity index (χ3n) is 6.17. The molecule has 2 amide bonds. The molecule has 1 fully saturated rings. The third-order valence-corrected chi connectivity index (χ3v) is 6.17. The summed E-state index contributed by atoms with van der Waals surface area (Å²) in [5.41, 5.74) is 3.62. The average molecular weight is 436 g/mol. The van der Waals surface area contributed by atoms with Crippen molar-refractivity contribution < 1.29 is 19.1 Å². The van der Waals surface area contributed by atoms with Gasteiger partial charge in [0.15, 0.2) is 12.4 Å². The SMILES string of the molecule is CC(=O)c1ccc2c(c1)N(CCCC(=O)N1CCN(c3ccccc3C)CC1)C(=O)CO2. The molecule has 0 aliphatic carbocycles. The van der Waals surface area contributed by atoms with Crippen LogP contribution in [0.15, 0.2) is 42.5 Å². The molecule has 0 radical (unpaired) electrons. The molecule has 1 saturated heterocycles. The zero-order valence-corrected chi connectivity index (χ0v) is 18.7. The quantitative estimate of drug-likeness (QED) is 0.653. The lowest BCUT2D eigenvalue weighted by molar-refractivity contribution is -0.131. The summed E-state index contributed by atoms with van der Waals surface area (Å²) in [6.45, 7) is 7.04. The number of carbonyl (C=O) groups is 3. The Bertz CT molecular complexity index is 1030. The third kappa shape index (κ3) is 4.61. The summed E-state index contributed by atoms with van der Waals surface area (Å²) in [4.78, 5) is 42.8. The Morgan fingerprint density at radius 1 is 1.00 bits per heavy atom. The maximum absolute atomic E-state index is 12.8. The number of benzene rings is 2. The summed E-state index contributed by atoms with van der Waals surface area (Å²) in [5.74, 6) is 0.490. The van der Waals surface area contributed by atoms with E-state index in [1.165, 1.54) is 18.2 Å². The second-order valence-electron chi connectivity index (χ2n) is 8.33. The molecule has 0 atom stereocenters. The van der Waals surface area contributed by atoms with Crippen molar-refractivity contribution in [3.8, 4) is 5.75 Å². The lowest BCUT2D eigenvalue weighted by Gasteiger charge is -2.37. The molecule has 2 heterocycles. The van der Waals surface area contributed by atoms with Crippen molar-refractivity contribution in [3.05, 3.63) is 53.6 Å². The normalized spacial score (nSPS) is 15.9. The Kier molecular flexibility index (Phi) is 6.44. The van der Waals surface area contributed by atoms with Crippen LogP contribution in [0.4, 0.5) is 11.4 Å². The zero-order chi connectivity index (χ0) is 22.7. The minimum absolute atomic E-state index is 0.0266. The molecule has 2 aromatic rings. The van der Waals surface area contributed by atoms with Gasteiger partial charge in [-0.25, -0.2) is 0 Å². The van der Waals surface area contributed by atoms with E-state index in [4.69, 9.17) is 4.74 Å². The highest BCUT2D eigenvalue weighted by Gasteiger charge is 2.27. The number of ketones is 1. The van der Waals surface area contributed by atoms with Crippen molar-refractivity contribution in [1.29, 1.82) is 0 Å². The summed E-state index contributed by atoms with van der Waals surface area (Å²) in [7, 11) is 0. The standard InChI is InChI=1S/C25H29N3O4/c1-18-6-3-4-7-21(18)26-12-14-27(15-13-26)24(30)8-5-11-28-22-16-20(19(2)29)9-10-23(22)32-17-25(28)31/h3-4,6-7,9-10,16H,5,8,11-15,17H2,1-2H3. The first-order chi connectivity index (χ1) is 15.4. The van der Waals surface area contributed by atoms with Gasteiger partial charge in [-0.2, -0.15) is 0 Å². The van der Waals surface area contributed by atoms with Crippen LogP contribution in [-0.2, 0) is 9.59 Å². The van der Waals surface area contributed by atoms with Gasteiger partial charge in [0.1, 0.15) is 5.75 Å². The molecule has 2 aliphatic rings. The Balaban J connectivity index is 1.31. The maximum Gasteiger partial charge on any atom is 0.265 e. The van der Waals surface area contributed by atoms with Gasteiger partial charge in [0.05, 0.1) is 5.69 Å². The van der Waals surface area contributed by atoms with E-state index in [0.29, 0.717) is 49.5 Å². The number of piperazine rings is 1. The maximum atomic E-state index is 12.8. The van der Waals surface area contributed by atoms with E-state index in [2.05, 4.69) is 24.0 Å². The van der Waals surface area contributed by atoms with Crippen molar-refractivity contribution in [2.75, 3.05) is 49.1 Å². The van der Waals surface area contributed by atoms with E-state index in [1.54, 1.807) is 23.1 Å². The molecule has 0 saturated carbocycles. The molecule has 2 aliphatic heterocycles. The van der Waals surface area contributed by atoms with E-state index < -0.39 is 0 Å². The van der Waals surface area contributed by atoms with Crippen LogP contribution in [0.25, 0.3) is 0 Å². The minimum atomic E-state index is -0.155. The minimum Gasteiger partial charge on any atom is -0.482 e. The van der Waals surface area contributed by atoms with Crippen molar-refractivity contribution >= 4 is 29.0 Å². The van der Waals surface area contributed by atoms with Crippen LogP contribution in [0.3, 0.4) is 0 Å². The van der Waals surface area contributed by atoms with Crippen molar-refractivity contribution in [2.45, 2.75) is 26.7 Å². The van der Waals surface area contributed by atoms with Crippen molar-refractivity contribution in [3.63, 3.8) is 0 Å². The lowest BCUT2D eigenvalue weighted by Crippen LogP contribution is -2.49. The molecule has 0 N–H and O–H groups in total. The van der Waals surface area contributed by atoms with Gasteiger partial charge in [0.25, 0.3) is 5.91 Å². The van der Waals surface area contributed by atoms with Gasteiger partial charge in [0.2, 0.25) is 5.91 Å². The molecule has 168 valence electrons. The summed E-state index contributed by atoms with van der Waals surface area (Å²) < 4.78 is 5.50. The summed E-state index contributed by atoms with van der Waals surface area (Å²) in [5, 5.41) is 0. The van der Waals surface area contributed by atoms with Crippen LogP contribution < -0.4 is 14.5 Å². The molecule has 2 aromatic carbocycles. The second kappa shape index (κ2) is 9.42. The zero-order valence-electron chi connectivity index (χ0n) is 18.7. The average Bonchev–Trinajstić information content (AvgIpc) is 2.80. The summed E-state index contributed by atoms with van der Waals surface area (Å²) in [6.07, 6.45) is 0.947. The number of carbonyl (C=O) groups excluding carboxylic acids is 3.